The van der Waals surface area contributed by atoms with Crippen molar-refractivity contribution < 1.29 is 9.90 Å². The number of nitrogens with zero attached hydrogens (tertiary/aromatic N) is 1. The molecule has 0 aliphatic rings. The van der Waals surface area contributed by atoms with Crippen LogP contribution < -0.4 is 5.73 Å². The van der Waals surface area contributed by atoms with Crippen LogP contribution in [0, 0.1) is 0 Å². The molecule has 21 heavy (non-hydrogen) atoms. The summed E-state index contributed by atoms with van der Waals surface area (Å²) in [6.45, 7) is 6.97. The van der Waals surface area contributed by atoms with Crippen LogP contribution in [0.5, 0.6) is 5.75 Å². The van der Waals surface area contributed by atoms with Crippen molar-refractivity contribution in [3.63, 3.8) is 0 Å². The number of hydrogen-bond donors (Lipinski definition) is 2. The van der Waals surface area contributed by atoms with Crippen LogP contribution in [0.3, 0.4) is 0 Å². The predicted molar refractivity (Wildman–Crippen MR) is 86.2 cm³/mol. The van der Waals surface area contributed by atoms with Crippen molar-refractivity contribution in [3.8, 4) is 5.75 Å². The number of aromatic hydroxyl groups is 1. The van der Waals surface area contributed by atoms with Crippen molar-refractivity contribution in [2.75, 3.05) is 6.54 Å². The predicted octanol–water partition coefficient (Wildman–Crippen LogP) is 2.69. The van der Waals surface area contributed by atoms with Crippen molar-refractivity contribution in [2.24, 2.45) is 5.73 Å². The third kappa shape index (κ3) is 5.76. The van der Waals surface area contributed by atoms with E-state index in [9.17, 15) is 9.90 Å². The summed E-state index contributed by atoms with van der Waals surface area (Å²) in [7, 11) is 0. The summed E-state index contributed by atoms with van der Waals surface area (Å²) in [5, 5.41) is 9.28. The Hall–Kier alpha value is -1.55. The fraction of sp³-hybridized carbons (Fsp3) is 0.588. The molecule has 4 nitrogen and oxygen atoms in total. The molecule has 0 aliphatic carbocycles. The van der Waals surface area contributed by atoms with E-state index in [2.05, 4.69) is 6.92 Å². The molecule has 0 saturated heterocycles. The first kappa shape index (κ1) is 17.5. The molecule has 1 rings (SSSR count). The molecular formula is C17H28N2O2. The first-order valence-corrected chi connectivity index (χ1v) is 7.79. The lowest BCUT2D eigenvalue weighted by Crippen LogP contribution is -2.48. The molecule has 0 bridgehead atoms. The van der Waals surface area contributed by atoms with E-state index < -0.39 is 6.04 Å². The molecule has 118 valence electrons. The SMILES string of the molecule is CCCCCN(C(=O)C(N)Cc1ccc(O)cc1)C(C)C. The largest absolute Gasteiger partial charge is 0.508 e. The van der Waals surface area contributed by atoms with E-state index in [1.54, 1.807) is 24.3 Å². The zero-order chi connectivity index (χ0) is 15.8. The van der Waals surface area contributed by atoms with Gasteiger partial charge in [-0.1, -0.05) is 31.9 Å². The van der Waals surface area contributed by atoms with Crippen LogP contribution in [0.2, 0.25) is 0 Å². The Morgan fingerprint density at radius 2 is 1.86 bits per heavy atom. The van der Waals surface area contributed by atoms with Crippen LogP contribution in [0.15, 0.2) is 24.3 Å². The highest BCUT2D eigenvalue weighted by molar-refractivity contribution is 5.82. The van der Waals surface area contributed by atoms with Gasteiger partial charge in [-0.3, -0.25) is 4.79 Å². The first-order chi connectivity index (χ1) is 9.95. The zero-order valence-corrected chi connectivity index (χ0v) is 13.4. The van der Waals surface area contributed by atoms with Crippen molar-refractivity contribution >= 4 is 5.91 Å². The molecule has 1 unspecified atom stereocenters. The highest BCUT2D eigenvalue weighted by Gasteiger charge is 2.23. The van der Waals surface area contributed by atoms with Gasteiger partial charge in [0, 0.05) is 12.6 Å². The van der Waals surface area contributed by atoms with E-state index in [1.807, 2.05) is 18.7 Å². The van der Waals surface area contributed by atoms with Crippen molar-refractivity contribution in [2.45, 2.75) is 58.5 Å². The van der Waals surface area contributed by atoms with Crippen LogP contribution >= 0.6 is 0 Å². The maximum absolute atomic E-state index is 12.5. The Morgan fingerprint density at radius 3 is 2.38 bits per heavy atom. The second kappa shape index (κ2) is 8.67. The number of nitrogens with two attached hydrogens (primary N) is 1. The summed E-state index contributed by atoms with van der Waals surface area (Å²) in [5.41, 5.74) is 7.04. The fourth-order valence-electron chi connectivity index (χ4n) is 2.34. The third-order valence-electron chi connectivity index (χ3n) is 3.62. The maximum Gasteiger partial charge on any atom is 0.240 e. The molecule has 0 aromatic heterocycles. The molecule has 4 heteroatoms. The Labute approximate surface area is 128 Å². The standard InChI is InChI=1S/C17H28N2O2/c1-4-5-6-11-19(13(2)3)17(21)16(18)12-14-7-9-15(20)10-8-14/h7-10,13,16,20H,4-6,11-12,18H2,1-3H3. The van der Waals surface area contributed by atoms with Gasteiger partial charge in [0.1, 0.15) is 5.75 Å². The summed E-state index contributed by atoms with van der Waals surface area (Å²) in [6, 6.07) is 6.49. The first-order valence-electron chi connectivity index (χ1n) is 7.79. The van der Waals surface area contributed by atoms with E-state index in [0.717, 1.165) is 31.4 Å². The number of carbonyl (C=O) groups is 1. The number of amides is 1. The Kier molecular flexibility index (Phi) is 7.23. The minimum Gasteiger partial charge on any atom is -0.508 e. The van der Waals surface area contributed by atoms with Gasteiger partial charge in [-0.05, 0) is 44.4 Å². The van der Waals surface area contributed by atoms with Gasteiger partial charge in [0.05, 0.1) is 6.04 Å². The van der Waals surface area contributed by atoms with Gasteiger partial charge in [-0.15, -0.1) is 0 Å². The Bertz CT molecular complexity index is 429. The highest BCUT2D eigenvalue weighted by Crippen LogP contribution is 2.13. The molecule has 0 saturated carbocycles. The summed E-state index contributed by atoms with van der Waals surface area (Å²) in [5.74, 6) is 0.233. The summed E-state index contributed by atoms with van der Waals surface area (Å²) < 4.78 is 0. The van der Waals surface area contributed by atoms with Gasteiger partial charge >= 0.3 is 0 Å². The molecule has 0 heterocycles. The summed E-state index contributed by atoms with van der Waals surface area (Å²) in [6.07, 6.45) is 3.78. The normalized spacial score (nSPS) is 12.4. The number of carbonyl (C=O) groups excluding carboxylic acids is 1. The molecule has 1 aromatic carbocycles. The smallest absolute Gasteiger partial charge is 0.240 e. The fourth-order valence-corrected chi connectivity index (χ4v) is 2.34. The maximum atomic E-state index is 12.5. The number of phenols is 1. The topological polar surface area (TPSA) is 66.6 Å². The van der Waals surface area contributed by atoms with Crippen molar-refractivity contribution in [1.29, 1.82) is 0 Å². The average molecular weight is 292 g/mol. The monoisotopic (exact) mass is 292 g/mol. The lowest BCUT2D eigenvalue weighted by Gasteiger charge is -2.29. The number of hydrogen-bond acceptors (Lipinski definition) is 3. The van der Waals surface area contributed by atoms with Crippen LogP contribution in [-0.4, -0.2) is 34.5 Å². The molecule has 1 amide bonds. The van der Waals surface area contributed by atoms with E-state index in [1.165, 1.54) is 0 Å². The van der Waals surface area contributed by atoms with Crippen LogP contribution in [0.4, 0.5) is 0 Å². The van der Waals surface area contributed by atoms with Crippen LogP contribution in [-0.2, 0) is 11.2 Å². The number of phenolic OH excluding ortho intramolecular Hbond substituents is 1. The molecule has 1 atom stereocenters. The lowest BCUT2D eigenvalue weighted by molar-refractivity contribution is -0.134. The molecular weight excluding hydrogens is 264 g/mol. The minimum absolute atomic E-state index is 0.00850. The van der Waals surface area contributed by atoms with Gasteiger partial charge < -0.3 is 15.7 Å². The second-order valence-electron chi connectivity index (χ2n) is 5.81. The van der Waals surface area contributed by atoms with Crippen molar-refractivity contribution in [1.82, 2.24) is 4.90 Å². The van der Waals surface area contributed by atoms with E-state index in [4.69, 9.17) is 5.73 Å². The molecule has 0 aliphatic heterocycles. The Morgan fingerprint density at radius 1 is 1.24 bits per heavy atom. The quantitative estimate of drug-likeness (QED) is 0.724. The minimum atomic E-state index is -0.529. The van der Waals surface area contributed by atoms with E-state index in [-0.39, 0.29) is 17.7 Å². The van der Waals surface area contributed by atoms with Gasteiger partial charge in [0.15, 0.2) is 0 Å². The van der Waals surface area contributed by atoms with Gasteiger partial charge in [-0.2, -0.15) is 0 Å². The average Bonchev–Trinajstić information content (AvgIpc) is 2.45. The lowest BCUT2D eigenvalue weighted by atomic mass is 10.0. The summed E-state index contributed by atoms with van der Waals surface area (Å²) >= 11 is 0. The van der Waals surface area contributed by atoms with Crippen molar-refractivity contribution in [3.05, 3.63) is 29.8 Å². The highest BCUT2D eigenvalue weighted by atomic mass is 16.3. The molecule has 3 N–H and O–H groups in total. The van der Waals surface area contributed by atoms with E-state index >= 15 is 0 Å². The number of rotatable bonds is 8. The molecule has 0 spiro atoms. The Balaban J connectivity index is 2.62. The number of unbranched alkanes of at least 4 members (excludes halogenated alkanes) is 2. The second-order valence-corrected chi connectivity index (χ2v) is 5.81. The van der Waals surface area contributed by atoms with Gasteiger partial charge in [0.25, 0.3) is 0 Å². The van der Waals surface area contributed by atoms with Crippen LogP contribution in [0.25, 0.3) is 0 Å². The molecule has 1 aromatic rings. The van der Waals surface area contributed by atoms with E-state index in [0.29, 0.717) is 6.42 Å². The molecule has 0 radical (unpaired) electrons. The number of benzene rings is 1. The summed E-state index contributed by atoms with van der Waals surface area (Å²) in [4.78, 5) is 14.4. The van der Waals surface area contributed by atoms with Crippen LogP contribution in [0.1, 0.15) is 45.6 Å². The van der Waals surface area contributed by atoms with Gasteiger partial charge in [-0.25, -0.2) is 0 Å². The van der Waals surface area contributed by atoms with Gasteiger partial charge in [0.2, 0.25) is 5.91 Å². The third-order valence-corrected chi connectivity index (χ3v) is 3.62. The molecule has 0 fully saturated rings. The zero-order valence-electron chi connectivity index (χ0n) is 13.4.